The van der Waals surface area contributed by atoms with E-state index in [1.807, 2.05) is 0 Å². The number of carbonyl (C=O) groups excluding carboxylic acids is 1. The van der Waals surface area contributed by atoms with Gasteiger partial charge in [0.05, 0.1) is 12.2 Å². The fourth-order valence-electron chi connectivity index (χ4n) is 3.89. The highest BCUT2D eigenvalue weighted by atomic mass is 16.6. The Bertz CT molecular complexity index is 319. The van der Waals surface area contributed by atoms with Crippen LogP contribution in [0.3, 0.4) is 0 Å². The third-order valence-corrected chi connectivity index (χ3v) is 5.12. The molecule has 1 saturated carbocycles. The third-order valence-electron chi connectivity index (χ3n) is 5.12. The van der Waals surface area contributed by atoms with Crippen molar-refractivity contribution >= 4 is 5.78 Å². The van der Waals surface area contributed by atoms with Gasteiger partial charge in [-0.15, -0.1) is 0 Å². The minimum absolute atomic E-state index is 0.0163. The molecule has 3 atom stereocenters. The molecular formula is C14H22O3. The van der Waals surface area contributed by atoms with Crippen molar-refractivity contribution in [1.82, 2.24) is 0 Å². The standard InChI is InChI=1S/C14H22O3/c1-13(4-2-12(15)9-13)11-3-6-17-14(8-11)5-7-16-10-14/h11H,2-10H2,1H3. The first-order valence-electron chi connectivity index (χ1n) is 6.85. The number of hydrogen-bond acceptors (Lipinski definition) is 3. The van der Waals surface area contributed by atoms with Crippen molar-refractivity contribution in [2.75, 3.05) is 19.8 Å². The highest BCUT2D eigenvalue weighted by molar-refractivity contribution is 5.81. The molecule has 2 aliphatic heterocycles. The summed E-state index contributed by atoms with van der Waals surface area (Å²) < 4.78 is 11.5. The molecule has 0 aromatic carbocycles. The van der Waals surface area contributed by atoms with E-state index >= 15 is 0 Å². The lowest BCUT2D eigenvalue weighted by Crippen LogP contribution is -2.44. The van der Waals surface area contributed by atoms with E-state index in [-0.39, 0.29) is 11.0 Å². The van der Waals surface area contributed by atoms with Crippen LogP contribution in [0.15, 0.2) is 0 Å². The Morgan fingerprint density at radius 2 is 2.18 bits per heavy atom. The fraction of sp³-hybridized carbons (Fsp3) is 0.929. The molecular weight excluding hydrogens is 216 g/mol. The molecule has 0 aromatic rings. The van der Waals surface area contributed by atoms with Crippen LogP contribution in [0.4, 0.5) is 0 Å². The van der Waals surface area contributed by atoms with Gasteiger partial charge in [0.1, 0.15) is 5.78 Å². The molecule has 0 aromatic heterocycles. The lowest BCUT2D eigenvalue weighted by molar-refractivity contribution is -0.124. The van der Waals surface area contributed by atoms with Crippen LogP contribution >= 0.6 is 0 Å². The zero-order valence-corrected chi connectivity index (χ0v) is 10.7. The van der Waals surface area contributed by atoms with Crippen molar-refractivity contribution in [2.24, 2.45) is 11.3 Å². The van der Waals surface area contributed by atoms with Crippen molar-refractivity contribution in [3.63, 3.8) is 0 Å². The lowest BCUT2D eigenvalue weighted by atomic mass is 9.68. The Labute approximate surface area is 103 Å². The van der Waals surface area contributed by atoms with Gasteiger partial charge in [-0.1, -0.05) is 6.92 Å². The van der Waals surface area contributed by atoms with Gasteiger partial charge in [0, 0.05) is 32.5 Å². The SMILES string of the molecule is CC1(C2CCOC3(CCOC3)C2)CCC(=O)C1. The molecule has 0 N–H and O–H groups in total. The number of carbonyl (C=O) groups is 1. The molecule has 1 spiro atoms. The van der Waals surface area contributed by atoms with Crippen LogP contribution in [-0.2, 0) is 14.3 Å². The van der Waals surface area contributed by atoms with Crippen molar-refractivity contribution < 1.29 is 14.3 Å². The Hall–Kier alpha value is -0.410. The number of ketones is 1. The smallest absolute Gasteiger partial charge is 0.133 e. The largest absolute Gasteiger partial charge is 0.378 e. The number of ether oxygens (including phenoxy) is 2. The second kappa shape index (κ2) is 4.06. The maximum absolute atomic E-state index is 11.6. The number of rotatable bonds is 1. The maximum atomic E-state index is 11.6. The Morgan fingerprint density at radius 3 is 2.82 bits per heavy atom. The summed E-state index contributed by atoms with van der Waals surface area (Å²) in [4.78, 5) is 11.6. The zero-order valence-electron chi connectivity index (χ0n) is 10.7. The summed E-state index contributed by atoms with van der Waals surface area (Å²) >= 11 is 0. The van der Waals surface area contributed by atoms with Crippen LogP contribution in [0.5, 0.6) is 0 Å². The van der Waals surface area contributed by atoms with Crippen LogP contribution in [0.25, 0.3) is 0 Å². The van der Waals surface area contributed by atoms with E-state index < -0.39 is 0 Å². The summed E-state index contributed by atoms with van der Waals surface area (Å²) in [7, 11) is 0. The molecule has 0 radical (unpaired) electrons. The molecule has 2 saturated heterocycles. The summed E-state index contributed by atoms with van der Waals surface area (Å²) in [6, 6.07) is 0. The van der Waals surface area contributed by atoms with E-state index in [2.05, 4.69) is 6.92 Å². The molecule has 3 rings (SSSR count). The average molecular weight is 238 g/mol. The van der Waals surface area contributed by atoms with E-state index in [0.29, 0.717) is 11.7 Å². The quantitative estimate of drug-likeness (QED) is 0.703. The lowest BCUT2D eigenvalue weighted by Gasteiger charge is -2.44. The van der Waals surface area contributed by atoms with Crippen LogP contribution in [-0.4, -0.2) is 31.2 Å². The normalized spacial score (nSPS) is 46.9. The summed E-state index contributed by atoms with van der Waals surface area (Å²) in [5, 5.41) is 0. The topological polar surface area (TPSA) is 35.5 Å². The van der Waals surface area contributed by atoms with Crippen LogP contribution < -0.4 is 0 Å². The Morgan fingerprint density at radius 1 is 1.29 bits per heavy atom. The molecule has 17 heavy (non-hydrogen) atoms. The van der Waals surface area contributed by atoms with Gasteiger partial charge in [0.25, 0.3) is 0 Å². The van der Waals surface area contributed by atoms with Crippen molar-refractivity contribution in [3.8, 4) is 0 Å². The van der Waals surface area contributed by atoms with E-state index in [9.17, 15) is 4.79 Å². The van der Waals surface area contributed by atoms with Gasteiger partial charge in [0.2, 0.25) is 0 Å². The van der Waals surface area contributed by atoms with Gasteiger partial charge >= 0.3 is 0 Å². The van der Waals surface area contributed by atoms with Crippen molar-refractivity contribution in [2.45, 2.75) is 51.0 Å². The van der Waals surface area contributed by atoms with Crippen LogP contribution in [0.1, 0.15) is 45.4 Å². The predicted molar refractivity (Wildman–Crippen MR) is 63.8 cm³/mol. The van der Waals surface area contributed by atoms with E-state index in [1.54, 1.807) is 0 Å². The summed E-state index contributed by atoms with van der Waals surface area (Å²) in [5.41, 5.74) is 0.216. The Kier molecular flexibility index (Phi) is 2.79. The molecule has 1 aliphatic carbocycles. The molecule has 3 aliphatic rings. The minimum atomic E-state index is -0.0163. The Balaban J connectivity index is 1.73. The summed E-state index contributed by atoms with van der Waals surface area (Å²) in [5.74, 6) is 1.10. The predicted octanol–water partition coefficient (Wildman–Crippen LogP) is 2.33. The molecule has 3 heteroatoms. The molecule has 3 fully saturated rings. The monoisotopic (exact) mass is 238 g/mol. The van der Waals surface area contributed by atoms with Gasteiger partial charge in [0.15, 0.2) is 0 Å². The first-order chi connectivity index (χ1) is 8.12. The fourth-order valence-corrected chi connectivity index (χ4v) is 3.89. The van der Waals surface area contributed by atoms with Crippen LogP contribution in [0.2, 0.25) is 0 Å². The van der Waals surface area contributed by atoms with Gasteiger partial charge < -0.3 is 9.47 Å². The van der Waals surface area contributed by atoms with Crippen molar-refractivity contribution in [1.29, 1.82) is 0 Å². The van der Waals surface area contributed by atoms with Gasteiger partial charge in [-0.05, 0) is 30.6 Å². The third kappa shape index (κ3) is 2.04. The second-order valence-electron chi connectivity index (χ2n) is 6.39. The van der Waals surface area contributed by atoms with Gasteiger partial charge in [-0.2, -0.15) is 0 Å². The van der Waals surface area contributed by atoms with Gasteiger partial charge in [-0.25, -0.2) is 0 Å². The van der Waals surface area contributed by atoms with Crippen LogP contribution in [0, 0.1) is 11.3 Å². The second-order valence-corrected chi connectivity index (χ2v) is 6.39. The first-order valence-corrected chi connectivity index (χ1v) is 6.85. The zero-order chi connectivity index (χ0) is 11.9. The molecule has 2 heterocycles. The van der Waals surface area contributed by atoms with E-state index in [0.717, 1.165) is 58.3 Å². The molecule has 0 amide bonds. The minimum Gasteiger partial charge on any atom is -0.378 e. The van der Waals surface area contributed by atoms with E-state index in [1.165, 1.54) is 0 Å². The van der Waals surface area contributed by atoms with Crippen molar-refractivity contribution in [3.05, 3.63) is 0 Å². The molecule has 3 unspecified atom stereocenters. The average Bonchev–Trinajstić information content (AvgIpc) is 2.88. The molecule has 0 bridgehead atoms. The highest BCUT2D eigenvalue weighted by Crippen LogP contribution is 2.50. The maximum Gasteiger partial charge on any atom is 0.133 e. The molecule has 96 valence electrons. The first kappa shape index (κ1) is 11.7. The van der Waals surface area contributed by atoms with E-state index in [4.69, 9.17) is 9.47 Å². The summed E-state index contributed by atoms with van der Waals surface area (Å²) in [6.07, 6.45) is 5.90. The number of Topliss-reactive ketones (excluding diaryl/α,β-unsaturated/α-hetero) is 1. The molecule has 3 nitrogen and oxygen atoms in total. The summed E-state index contributed by atoms with van der Waals surface area (Å²) in [6.45, 7) is 4.74. The van der Waals surface area contributed by atoms with Gasteiger partial charge in [-0.3, -0.25) is 4.79 Å². The highest BCUT2D eigenvalue weighted by Gasteiger charge is 2.48. The number of hydrogen-bond donors (Lipinski definition) is 0.